The van der Waals surface area contributed by atoms with Gasteiger partial charge in [-0.1, -0.05) is 12.5 Å². The summed E-state index contributed by atoms with van der Waals surface area (Å²) in [6.45, 7) is 6.01. The van der Waals surface area contributed by atoms with Gasteiger partial charge in [0.2, 0.25) is 6.79 Å². The minimum atomic E-state index is -0.548. The predicted octanol–water partition coefficient (Wildman–Crippen LogP) is 1.84. The van der Waals surface area contributed by atoms with Crippen molar-refractivity contribution < 1.29 is 14.6 Å². The molecule has 0 unspecified atom stereocenters. The maximum Gasteiger partial charge on any atom is 0.231 e. The van der Waals surface area contributed by atoms with Gasteiger partial charge in [0, 0.05) is 26.2 Å². The van der Waals surface area contributed by atoms with Crippen molar-refractivity contribution in [3.05, 3.63) is 23.8 Å². The van der Waals surface area contributed by atoms with Crippen LogP contribution in [0.5, 0.6) is 11.5 Å². The van der Waals surface area contributed by atoms with Crippen LogP contribution in [0.25, 0.3) is 0 Å². The summed E-state index contributed by atoms with van der Waals surface area (Å²) >= 11 is 0. The quantitative estimate of drug-likeness (QED) is 0.918. The number of β-amino-alcohol motifs (C(OH)–C–C–N with tert-alkyl or cyclic N) is 1. The highest BCUT2D eigenvalue weighted by Crippen LogP contribution is 2.33. The molecule has 0 aromatic heterocycles. The molecule has 3 aliphatic heterocycles. The number of rotatable bonds is 4. The Morgan fingerprint density at radius 1 is 1.00 bits per heavy atom. The first-order chi connectivity index (χ1) is 11.2. The minimum Gasteiger partial charge on any atom is -0.454 e. The van der Waals surface area contributed by atoms with Crippen molar-refractivity contribution in [3.8, 4) is 11.5 Å². The third-order valence-corrected chi connectivity index (χ3v) is 5.22. The van der Waals surface area contributed by atoms with Gasteiger partial charge in [-0.3, -0.25) is 4.90 Å². The second-order valence-corrected chi connectivity index (χ2v) is 7.21. The van der Waals surface area contributed by atoms with Crippen molar-refractivity contribution in [3.63, 3.8) is 0 Å². The molecule has 3 aliphatic rings. The molecule has 0 radical (unpaired) electrons. The van der Waals surface area contributed by atoms with E-state index in [1.54, 1.807) is 0 Å². The highest BCUT2D eigenvalue weighted by molar-refractivity contribution is 5.44. The van der Waals surface area contributed by atoms with Gasteiger partial charge in [-0.25, -0.2) is 0 Å². The van der Waals surface area contributed by atoms with E-state index in [9.17, 15) is 5.11 Å². The van der Waals surface area contributed by atoms with E-state index in [1.807, 2.05) is 6.07 Å². The lowest BCUT2D eigenvalue weighted by Gasteiger charge is -2.33. The van der Waals surface area contributed by atoms with Gasteiger partial charge < -0.3 is 19.5 Å². The summed E-state index contributed by atoms with van der Waals surface area (Å²) in [6, 6.07) is 6.13. The van der Waals surface area contributed by atoms with Crippen LogP contribution in [-0.4, -0.2) is 60.0 Å². The van der Waals surface area contributed by atoms with E-state index in [0.29, 0.717) is 6.79 Å². The van der Waals surface area contributed by atoms with Crippen molar-refractivity contribution in [1.82, 2.24) is 9.80 Å². The SMILES string of the molecule is O[C@]1(CN2CCCCC2)CCN(Cc2ccc3c(c2)OCO3)C1. The van der Waals surface area contributed by atoms with Crippen molar-refractivity contribution >= 4 is 0 Å². The van der Waals surface area contributed by atoms with Crippen molar-refractivity contribution in [2.75, 3.05) is 39.5 Å². The Morgan fingerprint density at radius 3 is 2.70 bits per heavy atom. The number of ether oxygens (including phenoxy) is 2. The number of benzene rings is 1. The Kier molecular flexibility index (Phi) is 4.18. The van der Waals surface area contributed by atoms with Crippen LogP contribution in [0.3, 0.4) is 0 Å². The standard InChI is InChI=1S/C18H26N2O3/c21-18(12-19-7-2-1-3-8-19)6-9-20(13-18)11-15-4-5-16-17(10-15)23-14-22-16/h4-5,10,21H,1-3,6-9,11-14H2/t18-/m0/s1. The average Bonchev–Trinajstić information content (AvgIpc) is 3.15. The second-order valence-electron chi connectivity index (χ2n) is 7.21. The molecule has 1 aromatic rings. The van der Waals surface area contributed by atoms with Crippen molar-refractivity contribution in [1.29, 1.82) is 0 Å². The maximum absolute atomic E-state index is 10.9. The number of aliphatic hydroxyl groups is 1. The molecule has 2 saturated heterocycles. The summed E-state index contributed by atoms with van der Waals surface area (Å²) in [5.74, 6) is 1.67. The van der Waals surface area contributed by atoms with Gasteiger partial charge >= 0.3 is 0 Å². The summed E-state index contributed by atoms with van der Waals surface area (Å²) in [4.78, 5) is 4.79. The van der Waals surface area contributed by atoms with Gasteiger partial charge in [0.15, 0.2) is 11.5 Å². The molecule has 23 heavy (non-hydrogen) atoms. The van der Waals surface area contributed by atoms with Crippen molar-refractivity contribution in [2.45, 2.75) is 37.8 Å². The number of fused-ring (bicyclic) bond motifs is 1. The summed E-state index contributed by atoms with van der Waals surface area (Å²) in [5.41, 5.74) is 0.671. The molecular weight excluding hydrogens is 292 g/mol. The van der Waals surface area contributed by atoms with Crippen LogP contribution < -0.4 is 9.47 Å². The average molecular weight is 318 g/mol. The van der Waals surface area contributed by atoms with Gasteiger partial charge in [0.05, 0.1) is 5.60 Å². The van der Waals surface area contributed by atoms with Gasteiger partial charge in [-0.15, -0.1) is 0 Å². The molecule has 1 atom stereocenters. The van der Waals surface area contributed by atoms with Gasteiger partial charge in [0.1, 0.15) is 0 Å². The Morgan fingerprint density at radius 2 is 1.83 bits per heavy atom. The Bertz CT molecular complexity index is 559. The number of likely N-dealkylation sites (tertiary alicyclic amines) is 2. The second kappa shape index (κ2) is 6.30. The molecule has 0 bridgehead atoms. The minimum absolute atomic E-state index is 0.318. The summed E-state index contributed by atoms with van der Waals surface area (Å²) < 4.78 is 10.8. The van der Waals surface area contributed by atoms with Crippen LogP contribution in [0.15, 0.2) is 18.2 Å². The maximum atomic E-state index is 10.9. The summed E-state index contributed by atoms with van der Waals surface area (Å²) in [7, 11) is 0. The third-order valence-electron chi connectivity index (χ3n) is 5.22. The normalized spacial score (nSPS) is 28.4. The highest BCUT2D eigenvalue weighted by atomic mass is 16.7. The van der Waals surface area contributed by atoms with Crippen LogP contribution in [-0.2, 0) is 6.54 Å². The van der Waals surface area contributed by atoms with Crippen molar-refractivity contribution in [2.24, 2.45) is 0 Å². The smallest absolute Gasteiger partial charge is 0.231 e. The molecule has 1 aromatic carbocycles. The molecule has 2 fully saturated rings. The summed E-state index contributed by atoms with van der Waals surface area (Å²) in [5, 5.41) is 10.9. The molecule has 0 aliphatic carbocycles. The van der Waals surface area contributed by atoms with E-state index in [0.717, 1.165) is 57.2 Å². The van der Waals surface area contributed by atoms with Gasteiger partial charge in [-0.05, 0) is 50.0 Å². The zero-order chi connectivity index (χ0) is 15.7. The highest BCUT2D eigenvalue weighted by Gasteiger charge is 2.37. The fraction of sp³-hybridized carbons (Fsp3) is 0.667. The molecule has 5 heteroatoms. The molecule has 4 rings (SSSR count). The van der Waals surface area contributed by atoms with E-state index in [-0.39, 0.29) is 0 Å². The van der Waals surface area contributed by atoms with E-state index < -0.39 is 5.60 Å². The van der Waals surface area contributed by atoms with Gasteiger partial charge in [-0.2, -0.15) is 0 Å². The van der Waals surface area contributed by atoms with Gasteiger partial charge in [0.25, 0.3) is 0 Å². The first kappa shape index (κ1) is 15.2. The summed E-state index contributed by atoms with van der Waals surface area (Å²) in [6.07, 6.45) is 4.76. The molecule has 0 saturated carbocycles. The zero-order valence-electron chi connectivity index (χ0n) is 13.7. The predicted molar refractivity (Wildman–Crippen MR) is 87.7 cm³/mol. The van der Waals surface area contributed by atoms with Crippen LogP contribution in [0, 0.1) is 0 Å². The lowest BCUT2D eigenvalue weighted by atomic mass is 10.0. The lowest BCUT2D eigenvalue weighted by Crippen LogP contribution is -2.46. The lowest BCUT2D eigenvalue weighted by molar-refractivity contribution is 0.00635. The third kappa shape index (κ3) is 3.47. The molecule has 3 heterocycles. The Hall–Kier alpha value is -1.30. The van der Waals surface area contributed by atoms with Crippen LogP contribution in [0.1, 0.15) is 31.2 Å². The number of piperidine rings is 1. The van der Waals surface area contributed by atoms with E-state index in [1.165, 1.54) is 24.8 Å². The number of hydrogen-bond acceptors (Lipinski definition) is 5. The fourth-order valence-corrected chi connectivity index (χ4v) is 4.04. The molecule has 126 valence electrons. The Balaban J connectivity index is 1.34. The molecule has 0 spiro atoms. The van der Waals surface area contributed by atoms with Crippen LogP contribution in [0.4, 0.5) is 0 Å². The monoisotopic (exact) mass is 318 g/mol. The van der Waals surface area contributed by atoms with Crippen LogP contribution >= 0.6 is 0 Å². The van der Waals surface area contributed by atoms with Crippen LogP contribution in [0.2, 0.25) is 0 Å². The first-order valence-electron chi connectivity index (χ1n) is 8.76. The molecule has 0 amide bonds. The largest absolute Gasteiger partial charge is 0.454 e. The number of hydrogen-bond donors (Lipinski definition) is 1. The molecule has 5 nitrogen and oxygen atoms in total. The first-order valence-corrected chi connectivity index (χ1v) is 8.76. The molecule has 1 N–H and O–H groups in total. The zero-order valence-corrected chi connectivity index (χ0v) is 13.7. The van der Waals surface area contributed by atoms with E-state index in [2.05, 4.69) is 21.9 Å². The fourth-order valence-electron chi connectivity index (χ4n) is 4.04. The van der Waals surface area contributed by atoms with E-state index >= 15 is 0 Å². The topological polar surface area (TPSA) is 45.2 Å². The molecular formula is C18H26N2O3. The Labute approximate surface area is 137 Å². The number of nitrogens with zero attached hydrogens (tertiary/aromatic N) is 2. The van der Waals surface area contributed by atoms with E-state index in [4.69, 9.17) is 9.47 Å².